The van der Waals surface area contributed by atoms with Gasteiger partial charge in [0.25, 0.3) is 0 Å². The molecule has 1 saturated heterocycles. The van der Waals surface area contributed by atoms with Crippen LogP contribution in [0.1, 0.15) is 36.7 Å². The Bertz CT molecular complexity index is 919. The van der Waals surface area contributed by atoms with Crippen molar-refractivity contribution in [2.45, 2.75) is 32.1 Å². The van der Waals surface area contributed by atoms with Crippen molar-refractivity contribution >= 4 is 11.5 Å². The minimum Gasteiger partial charge on any atom is -0.476 e. The van der Waals surface area contributed by atoms with Crippen LogP contribution in [0, 0.1) is 12.8 Å². The summed E-state index contributed by atoms with van der Waals surface area (Å²) in [4.78, 5) is 2.29. The summed E-state index contributed by atoms with van der Waals surface area (Å²) in [6, 6.07) is 7.96. The number of hydrogen-bond donors (Lipinski definition) is 0. The SMILES string of the molecule is Cc1nnc2ccc(N3CCC(COc4ccc(C5CC5)nn4)C3)nn12. The second-order valence-electron chi connectivity index (χ2n) is 7.19. The van der Waals surface area contributed by atoms with Crippen LogP contribution < -0.4 is 9.64 Å². The van der Waals surface area contributed by atoms with Gasteiger partial charge in [-0.15, -0.1) is 20.4 Å². The number of rotatable bonds is 5. The summed E-state index contributed by atoms with van der Waals surface area (Å²) in [5.41, 5.74) is 1.87. The van der Waals surface area contributed by atoms with Crippen molar-refractivity contribution in [2.75, 3.05) is 24.6 Å². The van der Waals surface area contributed by atoms with Gasteiger partial charge in [-0.05, 0) is 44.4 Å². The molecule has 1 unspecified atom stereocenters. The number of hydrogen-bond acceptors (Lipinski definition) is 7. The fourth-order valence-electron chi connectivity index (χ4n) is 3.44. The quantitative estimate of drug-likeness (QED) is 0.695. The predicted octanol–water partition coefficient (Wildman–Crippen LogP) is 2.01. The lowest BCUT2D eigenvalue weighted by Gasteiger charge is -2.17. The molecule has 0 amide bonds. The average molecular weight is 351 g/mol. The van der Waals surface area contributed by atoms with E-state index in [0.29, 0.717) is 24.3 Å². The molecule has 3 aromatic rings. The van der Waals surface area contributed by atoms with Gasteiger partial charge in [-0.2, -0.15) is 9.61 Å². The Morgan fingerprint density at radius 1 is 1.04 bits per heavy atom. The van der Waals surface area contributed by atoms with Crippen molar-refractivity contribution in [2.24, 2.45) is 5.92 Å². The number of nitrogens with zero attached hydrogens (tertiary/aromatic N) is 7. The lowest BCUT2D eigenvalue weighted by molar-refractivity contribution is 0.249. The monoisotopic (exact) mass is 351 g/mol. The van der Waals surface area contributed by atoms with Crippen LogP contribution in [0.25, 0.3) is 5.65 Å². The molecule has 8 heteroatoms. The molecular weight excluding hydrogens is 330 g/mol. The summed E-state index contributed by atoms with van der Waals surface area (Å²) >= 11 is 0. The topological polar surface area (TPSA) is 81.3 Å². The van der Waals surface area contributed by atoms with Gasteiger partial charge in [0.2, 0.25) is 5.88 Å². The largest absolute Gasteiger partial charge is 0.476 e. The first-order chi connectivity index (χ1) is 12.8. The predicted molar refractivity (Wildman–Crippen MR) is 95.3 cm³/mol. The normalized spacial score (nSPS) is 20.0. The van der Waals surface area contributed by atoms with Crippen molar-refractivity contribution in [1.29, 1.82) is 0 Å². The molecule has 0 N–H and O–H groups in total. The summed E-state index contributed by atoms with van der Waals surface area (Å²) in [7, 11) is 0. The molecule has 8 nitrogen and oxygen atoms in total. The van der Waals surface area contributed by atoms with E-state index in [9.17, 15) is 0 Å². The van der Waals surface area contributed by atoms with Gasteiger partial charge < -0.3 is 9.64 Å². The highest BCUT2D eigenvalue weighted by atomic mass is 16.5. The minimum atomic E-state index is 0.458. The third kappa shape index (κ3) is 2.95. The maximum atomic E-state index is 5.86. The Balaban J connectivity index is 1.20. The highest BCUT2D eigenvalue weighted by molar-refractivity contribution is 5.46. The zero-order chi connectivity index (χ0) is 17.5. The molecule has 2 aliphatic rings. The molecular formula is C18H21N7O. The third-order valence-electron chi connectivity index (χ3n) is 5.14. The standard InChI is InChI=1S/C18H21N7O/c1-12-19-21-16-5-6-17(23-25(12)16)24-9-8-13(10-24)11-26-18-7-4-15(20-22-18)14-2-3-14/h4-7,13-14H,2-3,8-11H2,1H3. The van der Waals surface area contributed by atoms with Crippen molar-refractivity contribution in [3.8, 4) is 5.88 Å². The van der Waals surface area contributed by atoms with Gasteiger partial charge in [-0.1, -0.05) is 0 Å². The number of fused-ring (bicyclic) bond motifs is 1. The van der Waals surface area contributed by atoms with Crippen molar-refractivity contribution in [1.82, 2.24) is 30.0 Å². The van der Waals surface area contributed by atoms with E-state index in [1.165, 1.54) is 12.8 Å². The summed E-state index contributed by atoms with van der Waals surface area (Å²) in [5.74, 6) is 3.46. The average Bonchev–Trinajstić information content (AvgIpc) is 3.31. The molecule has 0 spiro atoms. The van der Waals surface area contributed by atoms with E-state index in [1.807, 2.05) is 31.2 Å². The van der Waals surface area contributed by atoms with Crippen LogP contribution in [0.15, 0.2) is 24.3 Å². The fourth-order valence-corrected chi connectivity index (χ4v) is 3.44. The molecule has 4 heterocycles. The Hall–Kier alpha value is -2.77. The fraction of sp³-hybridized carbons (Fsp3) is 0.500. The minimum absolute atomic E-state index is 0.458. The second-order valence-corrected chi connectivity index (χ2v) is 7.19. The number of aryl methyl sites for hydroxylation is 1. The van der Waals surface area contributed by atoms with Crippen LogP contribution in [0.3, 0.4) is 0 Å². The molecule has 0 bridgehead atoms. The summed E-state index contributed by atoms with van der Waals surface area (Å²) in [6.07, 6.45) is 3.55. The smallest absolute Gasteiger partial charge is 0.233 e. The van der Waals surface area contributed by atoms with E-state index in [-0.39, 0.29) is 0 Å². The first-order valence-electron chi connectivity index (χ1n) is 9.17. The lowest BCUT2D eigenvalue weighted by Crippen LogP contribution is -2.23. The summed E-state index contributed by atoms with van der Waals surface area (Å²) in [6.45, 7) is 4.46. The molecule has 0 aromatic carbocycles. The van der Waals surface area contributed by atoms with E-state index < -0.39 is 0 Å². The van der Waals surface area contributed by atoms with Crippen molar-refractivity contribution < 1.29 is 4.74 Å². The van der Waals surface area contributed by atoms with Gasteiger partial charge in [-0.25, -0.2) is 0 Å². The zero-order valence-corrected chi connectivity index (χ0v) is 14.7. The third-order valence-corrected chi connectivity index (χ3v) is 5.14. The van der Waals surface area contributed by atoms with E-state index >= 15 is 0 Å². The van der Waals surface area contributed by atoms with Crippen LogP contribution in [-0.2, 0) is 0 Å². The summed E-state index contributed by atoms with van der Waals surface area (Å²) < 4.78 is 7.65. The van der Waals surface area contributed by atoms with Gasteiger partial charge in [0.15, 0.2) is 11.5 Å². The Labute approximate surface area is 151 Å². The molecule has 5 rings (SSSR count). The molecule has 26 heavy (non-hydrogen) atoms. The van der Waals surface area contributed by atoms with Crippen LogP contribution in [-0.4, -0.2) is 49.7 Å². The maximum Gasteiger partial charge on any atom is 0.233 e. The Morgan fingerprint density at radius 2 is 1.96 bits per heavy atom. The molecule has 2 fully saturated rings. The van der Waals surface area contributed by atoms with Gasteiger partial charge in [-0.3, -0.25) is 0 Å². The van der Waals surface area contributed by atoms with Crippen LogP contribution in [0.5, 0.6) is 5.88 Å². The number of ether oxygens (including phenoxy) is 1. The van der Waals surface area contributed by atoms with Crippen molar-refractivity contribution in [3.05, 3.63) is 35.8 Å². The first kappa shape index (κ1) is 15.5. The van der Waals surface area contributed by atoms with Gasteiger partial charge in [0, 0.05) is 31.0 Å². The van der Waals surface area contributed by atoms with E-state index in [0.717, 1.165) is 42.5 Å². The molecule has 1 aliphatic carbocycles. The highest BCUT2D eigenvalue weighted by Gasteiger charge is 2.26. The first-order valence-corrected chi connectivity index (χ1v) is 9.17. The Morgan fingerprint density at radius 3 is 2.77 bits per heavy atom. The Kier molecular flexibility index (Phi) is 3.69. The molecule has 1 aliphatic heterocycles. The van der Waals surface area contributed by atoms with E-state index in [4.69, 9.17) is 4.74 Å². The molecule has 3 aromatic heterocycles. The lowest BCUT2D eigenvalue weighted by atomic mass is 10.1. The second kappa shape index (κ2) is 6.19. The molecule has 0 radical (unpaired) electrons. The number of anilines is 1. The van der Waals surface area contributed by atoms with Crippen molar-refractivity contribution in [3.63, 3.8) is 0 Å². The van der Waals surface area contributed by atoms with Crippen LogP contribution in [0.4, 0.5) is 5.82 Å². The van der Waals surface area contributed by atoms with E-state index in [2.05, 4.69) is 30.4 Å². The number of aromatic nitrogens is 6. The van der Waals surface area contributed by atoms with E-state index in [1.54, 1.807) is 4.52 Å². The van der Waals surface area contributed by atoms with Crippen LogP contribution >= 0.6 is 0 Å². The molecule has 1 atom stereocenters. The van der Waals surface area contributed by atoms with Gasteiger partial charge in [0.1, 0.15) is 5.82 Å². The van der Waals surface area contributed by atoms with Crippen LogP contribution in [0.2, 0.25) is 0 Å². The highest BCUT2D eigenvalue weighted by Crippen LogP contribution is 2.38. The van der Waals surface area contributed by atoms with Gasteiger partial charge >= 0.3 is 0 Å². The zero-order valence-electron chi connectivity index (χ0n) is 14.7. The maximum absolute atomic E-state index is 5.86. The van der Waals surface area contributed by atoms with Gasteiger partial charge in [0.05, 0.1) is 12.3 Å². The molecule has 1 saturated carbocycles. The molecule has 134 valence electrons. The summed E-state index contributed by atoms with van der Waals surface area (Å²) in [5, 5.41) is 21.3.